The SMILES string of the molecule is O=C(NCCC1=CCCCC1)c1ccc(-n2cc(NC(=O)[C@@H]3CCOC3)cn2)cc1. The van der Waals surface area contributed by atoms with Crippen LogP contribution >= 0.6 is 0 Å². The molecule has 0 bridgehead atoms. The van der Waals surface area contributed by atoms with Crippen LogP contribution < -0.4 is 10.6 Å². The minimum Gasteiger partial charge on any atom is -0.381 e. The summed E-state index contributed by atoms with van der Waals surface area (Å²) in [6, 6.07) is 7.28. The Morgan fingerprint density at radius 3 is 2.80 bits per heavy atom. The van der Waals surface area contributed by atoms with Gasteiger partial charge in [0.15, 0.2) is 0 Å². The van der Waals surface area contributed by atoms with Gasteiger partial charge in [0.2, 0.25) is 5.91 Å². The smallest absolute Gasteiger partial charge is 0.251 e. The van der Waals surface area contributed by atoms with Gasteiger partial charge in [0, 0.05) is 18.7 Å². The van der Waals surface area contributed by atoms with Gasteiger partial charge in [0.25, 0.3) is 5.91 Å². The molecule has 2 amide bonds. The van der Waals surface area contributed by atoms with E-state index in [1.807, 2.05) is 12.1 Å². The van der Waals surface area contributed by atoms with E-state index in [9.17, 15) is 9.59 Å². The molecule has 0 spiro atoms. The molecule has 1 fully saturated rings. The lowest BCUT2D eigenvalue weighted by Crippen LogP contribution is -2.24. The van der Waals surface area contributed by atoms with Crippen molar-refractivity contribution in [2.45, 2.75) is 38.5 Å². The van der Waals surface area contributed by atoms with Gasteiger partial charge in [-0.15, -0.1) is 0 Å². The Morgan fingerprint density at radius 1 is 1.20 bits per heavy atom. The second-order valence-electron chi connectivity index (χ2n) is 7.88. The van der Waals surface area contributed by atoms with Crippen LogP contribution in [-0.2, 0) is 9.53 Å². The Kier molecular flexibility index (Phi) is 6.59. The van der Waals surface area contributed by atoms with Gasteiger partial charge in [0.1, 0.15) is 0 Å². The Morgan fingerprint density at radius 2 is 2.07 bits per heavy atom. The maximum Gasteiger partial charge on any atom is 0.251 e. The number of benzene rings is 1. The number of amides is 2. The number of carbonyl (C=O) groups is 2. The summed E-state index contributed by atoms with van der Waals surface area (Å²) in [6.45, 7) is 1.77. The summed E-state index contributed by atoms with van der Waals surface area (Å²) in [5.41, 5.74) is 3.55. The summed E-state index contributed by atoms with van der Waals surface area (Å²) in [5.74, 6) is -0.200. The van der Waals surface area contributed by atoms with Gasteiger partial charge >= 0.3 is 0 Å². The van der Waals surface area contributed by atoms with Crippen molar-refractivity contribution in [2.75, 3.05) is 25.1 Å². The second kappa shape index (κ2) is 9.71. The molecule has 1 aliphatic heterocycles. The summed E-state index contributed by atoms with van der Waals surface area (Å²) in [4.78, 5) is 24.6. The molecule has 1 aromatic carbocycles. The quantitative estimate of drug-likeness (QED) is 0.687. The number of rotatable bonds is 7. The van der Waals surface area contributed by atoms with Gasteiger partial charge in [-0.3, -0.25) is 9.59 Å². The van der Waals surface area contributed by atoms with Crippen molar-refractivity contribution in [3.8, 4) is 5.69 Å². The van der Waals surface area contributed by atoms with Crippen LogP contribution in [0.15, 0.2) is 48.3 Å². The van der Waals surface area contributed by atoms with Gasteiger partial charge in [-0.1, -0.05) is 11.6 Å². The van der Waals surface area contributed by atoms with Crippen LogP contribution in [-0.4, -0.2) is 41.4 Å². The van der Waals surface area contributed by atoms with Crippen LogP contribution in [0.3, 0.4) is 0 Å². The standard InChI is InChI=1S/C23H28N4O3/c28-22(24-12-10-17-4-2-1-3-5-17)18-6-8-21(9-7-18)27-15-20(14-25-27)26-23(29)19-11-13-30-16-19/h4,6-9,14-15,19H,1-3,5,10-13,16H2,(H,24,28)(H,26,29)/t19-/m1/s1. The Labute approximate surface area is 176 Å². The zero-order valence-electron chi connectivity index (χ0n) is 17.1. The first-order valence-corrected chi connectivity index (χ1v) is 10.7. The maximum atomic E-state index is 12.4. The van der Waals surface area contributed by atoms with E-state index in [-0.39, 0.29) is 17.7 Å². The minimum atomic E-state index is -0.0967. The molecule has 2 aliphatic rings. The van der Waals surface area contributed by atoms with E-state index in [0.29, 0.717) is 31.0 Å². The number of anilines is 1. The van der Waals surface area contributed by atoms with E-state index in [4.69, 9.17) is 4.74 Å². The highest BCUT2D eigenvalue weighted by Crippen LogP contribution is 2.20. The number of nitrogens with zero attached hydrogens (tertiary/aromatic N) is 2. The predicted molar refractivity (Wildman–Crippen MR) is 115 cm³/mol. The molecule has 1 saturated heterocycles. The first-order valence-electron chi connectivity index (χ1n) is 10.7. The highest BCUT2D eigenvalue weighted by molar-refractivity contribution is 5.94. The second-order valence-corrected chi connectivity index (χ2v) is 7.88. The third-order valence-electron chi connectivity index (χ3n) is 5.66. The average Bonchev–Trinajstić information content (AvgIpc) is 3.47. The molecule has 7 heteroatoms. The molecule has 2 heterocycles. The highest BCUT2D eigenvalue weighted by atomic mass is 16.5. The van der Waals surface area contributed by atoms with Crippen LogP contribution in [0.1, 0.15) is 48.9 Å². The van der Waals surface area contributed by atoms with Crippen molar-refractivity contribution < 1.29 is 14.3 Å². The third kappa shape index (κ3) is 5.16. The first kappa shape index (κ1) is 20.3. The van der Waals surface area contributed by atoms with Crippen LogP contribution in [0.25, 0.3) is 5.69 Å². The van der Waals surface area contributed by atoms with E-state index in [2.05, 4.69) is 21.8 Å². The van der Waals surface area contributed by atoms with Gasteiger partial charge in [-0.05, 0) is 62.8 Å². The molecule has 158 valence electrons. The van der Waals surface area contributed by atoms with Gasteiger partial charge in [-0.2, -0.15) is 5.10 Å². The summed E-state index contributed by atoms with van der Waals surface area (Å²) in [7, 11) is 0. The monoisotopic (exact) mass is 408 g/mol. The first-order chi connectivity index (χ1) is 14.7. The number of aromatic nitrogens is 2. The fourth-order valence-corrected chi connectivity index (χ4v) is 3.85. The average molecular weight is 409 g/mol. The Bertz CT molecular complexity index is 911. The number of hydrogen-bond donors (Lipinski definition) is 2. The van der Waals surface area contributed by atoms with E-state index in [1.54, 1.807) is 29.2 Å². The highest BCUT2D eigenvalue weighted by Gasteiger charge is 2.23. The molecule has 0 radical (unpaired) electrons. The summed E-state index contributed by atoms with van der Waals surface area (Å²) < 4.78 is 6.94. The van der Waals surface area contributed by atoms with E-state index in [0.717, 1.165) is 24.9 Å². The van der Waals surface area contributed by atoms with E-state index < -0.39 is 0 Å². The van der Waals surface area contributed by atoms with Gasteiger partial charge in [-0.25, -0.2) is 4.68 Å². The maximum absolute atomic E-state index is 12.4. The molecular formula is C23H28N4O3. The number of nitrogens with one attached hydrogen (secondary N) is 2. The molecule has 1 aromatic heterocycles. The summed E-state index contributed by atoms with van der Waals surface area (Å²) >= 11 is 0. The van der Waals surface area contributed by atoms with Crippen LogP contribution in [0.2, 0.25) is 0 Å². The molecule has 2 aromatic rings. The van der Waals surface area contributed by atoms with Crippen molar-refractivity contribution in [3.63, 3.8) is 0 Å². The summed E-state index contributed by atoms with van der Waals surface area (Å²) in [5, 5.41) is 10.2. The van der Waals surface area contributed by atoms with Crippen LogP contribution in [0.5, 0.6) is 0 Å². The molecule has 30 heavy (non-hydrogen) atoms. The summed E-state index contributed by atoms with van der Waals surface area (Å²) in [6.07, 6.45) is 12.2. The molecule has 7 nitrogen and oxygen atoms in total. The third-order valence-corrected chi connectivity index (χ3v) is 5.66. The number of ether oxygens (including phenoxy) is 1. The van der Waals surface area contributed by atoms with E-state index in [1.165, 1.54) is 24.8 Å². The van der Waals surface area contributed by atoms with Crippen molar-refractivity contribution in [1.29, 1.82) is 0 Å². The molecule has 1 aliphatic carbocycles. The van der Waals surface area contributed by atoms with Crippen molar-refractivity contribution in [3.05, 3.63) is 53.9 Å². The minimum absolute atomic E-state index is 0.0388. The molecular weight excluding hydrogens is 380 g/mol. The fraction of sp³-hybridized carbons (Fsp3) is 0.435. The lowest BCUT2D eigenvalue weighted by Gasteiger charge is -2.13. The lowest BCUT2D eigenvalue weighted by molar-refractivity contribution is -0.119. The van der Waals surface area contributed by atoms with Gasteiger partial charge in [0.05, 0.1) is 36.3 Å². The topological polar surface area (TPSA) is 85.2 Å². The van der Waals surface area contributed by atoms with Crippen LogP contribution in [0, 0.1) is 5.92 Å². The van der Waals surface area contributed by atoms with Crippen molar-refractivity contribution in [1.82, 2.24) is 15.1 Å². The molecule has 2 N–H and O–H groups in total. The van der Waals surface area contributed by atoms with Gasteiger partial charge < -0.3 is 15.4 Å². The molecule has 0 unspecified atom stereocenters. The number of allylic oxidation sites excluding steroid dienone is 1. The lowest BCUT2D eigenvalue weighted by atomic mass is 9.97. The van der Waals surface area contributed by atoms with Crippen molar-refractivity contribution >= 4 is 17.5 Å². The normalized spacial score (nSPS) is 18.7. The fourth-order valence-electron chi connectivity index (χ4n) is 3.85. The molecule has 4 rings (SSSR count). The van der Waals surface area contributed by atoms with E-state index >= 15 is 0 Å². The number of hydrogen-bond acceptors (Lipinski definition) is 4. The van der Waals surface area contributed by atoms with Crippen LogP contribution in [0.4, 0.5) is 5.69 Å². The zero-order chi connectivity index (χ0) is 20.8. The predicted octanol–water partition coefficient (Wildman–Crippen LogP) is 3.47. The largest absolute Gasteiger partial charge is 0.381 e. The van der Waals surface area contributed by atoms with Crippen molar-refractivity contribution in [2.24, 2.45) is 5.92 Å². The zero-order valence-corrected chi connectivity index (χ0v) is 17.1. The Balaban J connectivity index is 1.29. The number of carbonyl (C=O) groups excluding carboxylic acids is 2. The molecule has 0 saturated carbocycles. The molecule has 1 atom stereocenters. The Hall–Kier alpha value is -2.93.